The largest absolute Gasteiger partial charge is 0.490 e. The van der Waals surface area contributed by atoms with Gasteiger partial charge in [-0.25, -0.2) is 0 Å². The maximum absolute atomic E-state index is 5.87. The summed E-state index contributed by atoms with van der Waals surface area (Å²) in [7, 11) is 1.72. The molecule has 1 N–H and O–H groups in total. The van der Waals surface area contributed by atoms with E-state index in [1.54, 1.807) is 7.05 Å². The van der Waals surface area contributed by atoms with Crippen LogP contribution in [0.2, 0.25) is 0 Å². The molecule has 2 rings (SSSR count). The second-order valence-electron chi connectivity index (χ2n) is 4.44. The fraction of sp³-hybridized carbons (Fsp3) is 0.500. The normalized spacial score (nSPS) is 10.6. The molecule has 1 heterocycles. The number of aryl methyl sites for hydroxylation is 1. The van der Waals surface area contributed by atoms with Gasteiger partial charge in [-0.05, 0) is 24.7 Å². The van der Waals surface area contributed by atoms with Crippen LogP contribution in [0.4, 0.5) is 0 Å². The summed E-state index contributed by atoms with van der Waals surface area (Å²) >= 11 is 0. The third-order valence-corrected chi connectivity index (χ3v) is 2.82. The number of para-hydroxylation sites is 1. The van der Waals surface area contributed by atoms with E-state index in [-0.39, 0.29) is 6.61 Å². The smallest absolute Gasteiger partial charge is 0.212 e. The Morgan fingerprint density at radius 2 is 2.10 bits per heavy atom. The quantitative estimate of drug-likeness (QED) is 0.790. The average Bonchev–Trinajstić information content (AvgIpc) is 2.90. The summed E-state index contributed by atoms with van der Waals surface area (Å²) in [6.07, 6.45) is 0. The topological polar surface area (TPSA) is 74.1 Å². The molecule has 0 atom stereocenters. The minimum atomic E-state index is 0.261. The van der Waals surface area contributed by atoms with Crippen LogP contribution < -0.4 is 14.8 Å². The summed E-state index contributed by atoms with van der Waals surface area (Å²) in [5, 5.41) is 15.1. The Labute approximate surface area is 124 Å². The molecule has 7 heteroatoms. The first-order valence-electron chi connectivity index (χ1n) is 7.05. The third kappa shape index (κ3) is 4.16. The fourth-order valence-electron chi connectivity index (χ4n) is 1.91. The maximum atomic E-state index is 5.87. The number of rotatable bonds is 8. The van der Waals surface area contributed by atoms with Crippen LogP contribution >= 0.6 is 0 Å². The minimum absolute atomic E-state index is 0.261. The van der Waals surface area contributed by atoms with Crippen molar-refractivity contribution in [1.29, 1.82) is 0 Å². The molecule has 2 aromatic rings. The van der Waals surface area contributed by atoms with Crippen LogP contribution in [-0.2, 0) is 20.2 Å². The number of aromatic nitrogens is 4. The molecule has 21 heavy (non-hydrogen) atoms. The Kier molecular flexibility index (Phi) is 5.51. The lowest BCUT2D eigenvalue weighted by molar-refractivity contribution is 0.260. The molecule has 1 aromatic heterocycles. The lowest BCUT2D eigenvalue weighted by Crippen LogP contribution is -2.13. The van der Waals surface area contributed by atoms with Gasteiger partial charge in [-0.2, -0.15) is 4.80 Å². The monoisotopic (exact) mass is 291 g/mol. The van der Waals surface area contributed by atoms with Crippen molar-refractivity contribution in [2.75, 3.05) is 13.2 Å². The molecule has 114 valence electrons. The van der Waals surface area contributed by atoms with Crippen LogP contribution in [0.15, 0.2) is 18.2 Å². The van der Waals surface area contributed by atoms with E-state index in [1.807, 2.05) is 25.1 Å². The van der Waals surface area contributed by atoms with Crippen molar-refractivity contribution in [2.45, 2.75) is 27.0 Å². The average molecular weight is 291 g/mol. The SMILES string of the molecule is CCNCc1cccc(OCC)c1OCc1nnn(C)n1. The second kappa shape index (κ2) is 7.58. The van der Waals surface area contributed by atoms with Crippen LogP contribution in [0.1, 0.15) is 25.2 Å². The van der Waals surface area contributed by atoms with Gasteiger partial charge in [0.15, 0.2) is 18.1 Å². The van der Waals surface area contributed by atoms with Crippen LogP contribution in [0.25, 0.3) is 0 Å². The molecule has 0 fully saturated rings. The molecule has 0 saturated carbocycles. The van der Waals surface area contributed by atoms with Crippen LogP contribution in [0.5, 0.6) is 11.5 Å². The van der Waals surface area contributed by atoms with Crippen molar-refractivity contribution < 1.29 is 9.47 Å². The summed E-state index contributed by atoms with van der Waals surface area (Å²) in [6, 6.07) is 5.88. The molecule has 0 amide bonds. The number of hydrogen-bond acceptors (Lipinski definition) is 6. The highest BCUT2D eigenvalue weighted by molar-refractivity contribution is 5.46. The number of benzene rings is 1. The van der Waals surface area contributed by atoms with Crippen molar-refractivity contribution in [3.05, 3.63) is 29.6 Å². The predicted molar refractivity (Wildman–Crippen MR) is 78.1 cm³/mol. The van der Waals surface area contributed by atoms with Crippen molar-refractivity contribution in [3.63, 3.8) is 0 Å². The Morgan fingerprint density at radius 1 is 1.24 bits per heavy atom. The van der Waals surface area contributed by atoms with Crippen LogP contribution in [0, 0.1) is 0 Å². The fourth-order valence-corrected chi connectivity index (χ4v) is 1.91. The van der Waals surface area contributed by atoms with Crippen molar-refractivity contribution >= 4 is 0 Å². The lowest BCUT2D eigenvalue weighted by atomic mass is 10.2. The molecule has 1 aromatic carbocycles. The van der Waals surface area contributed by atoms with E-state index in [2.05, 4.69) is 27.7 Å². The Hall–Kier alpha value is -2.15. The summed E-state index contributed by atoms with van der Waals surface area (Å²) < 4.78 is 11.5. The van der Waals surface area contributed by atoms with Gasteiger partial charge in [0.25, 0.3) is 0 Å². The lowest BCUT2D eigenvalue weighted by Gasteiger charge is -2.15. The molecule has 0 spiro atoms. The van der Waals surface area contributed by atoms with E-state index < -0.39 is 0 Å². The van der Waals surface area contributed by atoms with Crippen molar-refractivity contribution in [3.8, 4) is 11.5 Å². The van der Waals surface area contributed by atoms with E-state index >= 15 is 0 Å². The summed E-state index contributed by atoms with van der Waals surface area (Å²) in [4.78, 5) is 1.41. The number of nitrogens with zero attached hydrogens (tertiary/aromatic N) is 4. The standard InChI is InChI=1S/C14H21N5O2/c1-4-15-9-11-7-6-8-12(20-5-2)14(11)21-10-13-16-18-19(3)17-13/h6-8,15H,4-5,9-10H2,1-3H3. The van der Waals surface area contributed by atoms with Gasteiger partial charge in [0.1, 0.15) is 0 Å². The van der Waals surface area contributed by atoms with E-state index in [4.69, 9.17) is 9.47 Å². The number of ether oxygens (including phenoxy) is 2. The first-order valence-corrected chi connectivity index (χ1v) is 7.05. The zero-order valence-corrected chi connectivity index (χ0v) is 12.7. The van der Waals surface area contributed by atoms with Gasteiger partial charge in [-0.15, -0.1) is 10.2 Å². The molecule has 0 saturated heterocycles. The van der Waals surface area contributed by atoms with E-state index in [0.29, 0.717) is 12.4 Å². The number of hydrogen-bond donors (Lipinski definition) is 1. The first-order chi connectivity index (χ1) is 10.2. The Balaban J connectivity index is 2.16. The molecule has 0 aliphatic heterocycles. The molecular weight excluding hydrogens is 270 g/mol. The molecule has 0 unspecified atom stereocenters. The summed E-state index contributed by atoms with van der Waals surface area (Å²) in [5.74, 6) is 2.00. The highest BCUT2D eigenvalue weighted by atomic mass is 16.5. The van der Waals surface area contributed by atoms with E-state index in [1.165, 1.54) is 4.80 Å². The summed E-state index contributed by atoms with van der Waals surface area (Å²) in [6.45, 7) is 6.48. The summed E-state index contributed by atoms with van der Waals surface area (Å²) in [5.41, 5.74) is 1.05. The molecule has 0 aliphatic carbocycles. The number of nitrogens with one attached hydrogen (secondary N) is 1. The number of tetrazole rings is 1. The highest BCUT2D eigenvalue weighted by Crippen LogP contribution is 2.31. The zero-order valence-electron chi connectivity index (χ0n) is 12.7. The van der Waals surface area contributed by atoms with Gasteiger partial charge in [0.05, 0.1) is 13.7 Å². The van der Waals surface area contributed by atoms with Gasteiger partial charge < -0.3 is 14.8 Å². The van der Waals surface area contributed by atoms with Crippen LogP contribution in [-0.4, -0.2) is 33.4 Å². The molecule has 7 nitrogen and oxygen atoms in total. The molecule has 0 bridgehead atoms. The molecule has 0 aliphatic rings. The van der Waals surface area contributed by atoms with Gasteiger partial charge in [0.2, 0.25) is 5.82 Å². The molecular formula is C14H21N5O2. The van der Waals surface area contributed by atoms with Crippen molar-refractivity contribution in [2.24, 2.45) is 7.05 Å². The Morgan fingerprint density at radius 3 is 2.76 bits per heavy atom. The van der Waals surface area contributed by atoms with Crippen molar-refractivity contribution in [1.82, 2.24) is 25.5 Å². The van der Waals surface area contributed by atoms with E-state index in [9.17, 15) is 0 Å². The zero-order chi connectivity index (χ0) is 15.1. The minimum Gasteiger partial charge on any atom is -0.490 e. The molecule has 0 radical (unpaired) electrons. The second-order valence-corrected chi connectivity index (χ2v) is 4.44. The van der Waals surface area contributed by atoms with Gasteiger partial charge in [-0.1, -0.05) is 19.1 Å². The first kappa shape index (κ1) is 15.2. The van der Waals surface area contributed by atoms with Crippen LogP contribution in [0.3, 0.4) is 0 Å². The third-order valence-electron chi connectivity index (χ3n) is 2.82. The maximum Gasteiger partial charge on any atom is 0.212 e. The highest BCUT2D eigenvalue weighted by Gasteiger charge is 2.12. The van der Waals surface area contributed by atoms with Gasteiger partial charge in [-0.3, -0.25) is 0 Å². The van der Waals surface area contributed by atoms with Gasteiger partial charge >= 0.3 is 0 Å². The van der Waals surface area contributed by atoms with Gasteiger partial charge in [0, 0.05) is 12.1 Å². The predicted octanol–water partition coefficient (Wildman–Crippen LogP) is 1.30. The van der Waals surface area contributed by atoms with E-state index in [0.717, 1.165) is 30.2 Å². The Bertz CT molecular complexity index is 570.